The van der Waals surface area contributed by atoms with Gasteiger partial charge in [-0.1, -0.05) is 12.1 Å². The summed E-state index contributed by atoms with van der Waals surface area (Å²) in [6, 6.07) is 8.53. The summed E-state index contributed by atoms with van der Waals surface area (Å²) in [6.45, 7) is 4.27. The quantitative estimate of drug-likeness (QED) is 0.862. The van der Waals surface area contributed by atoms with Crippen LogP contribution in [0.3, 0.4) is 0 Å². The predicted molar refractivity (Wildman–Crippen MR) is 93.3 cm³/mol. The fourth-order valence-corrected chi connectivity index (χ4v) is 3.25. The first-order chi connectivity index (χ1) is 12.1. The lowest BCUT2D eigenvalue weighted by atomic mass is 10.2. The average Bonchev–Trinajstić information content (AvgIpc) is 3.46. The molecule has 1 aliphatic heterocycles. The summed E-state index contributed by atoms with van der Waals surface area (Å²) in [7, 11) is 0. The Morgan fingerprint density at radius 2 is 1.84 bits per heavy atom. The molecule has 0 spiro atoms. The molecule has 1 aromatic carbocycles. The monoisotopic (exact) mass is 340 g/mol. The van der Waals surface area contributed by atoms with Crippen LogP contribution in [0.5, 0.6) is 0 Å². The van der Waals surface area contributed by atoms with Crippen LogP contribution in [-0.4, -0.2) is 47.0 Å². The number of para-hydroxylation sites is 1. The molecule has 6 heteroatoms. The van der Waals surface area contributed by atoms with Crippen molar-refractivity contribution in [3.8, 4) is 0 Å². The molecule has 1 aliphatic carbocycles. The Hall–Kier alpha value is -2.50. The van der Waals surface area contributed by atoms with Crippen LogP contribution in [0.15, 0.2) is 30.3 Å². The summed E-state index contributed by atoms with van der Waals surface area (Å²) < 4.78 is 13.9. The molecule has 2 aliphatic rings. The van der Waals surface area contributed by atoms with Crippen molar-refractivity contribution >= 4 is 11.6 Å². The average molecular weight is 340 g/mol. The minimum Gasteiger partial charge on any atom is -0.366 e. The van der Waals surface area contributed by atoms with E-state index in [1.165, 1.54) is 6.07 Å². The van der Waals surface area contributed by atoms with Gasteiger partial charge in [0.15, 0.2) is 0 Å². The van der Waals surface area contributed by atoms with Gasteiger partial charge in [0.25, 0.3) is 5.91 Å². The molecule has 1 saturated heterocycles. The normalized spacial score (nSPS) is 17.7. The maximum absolute atomic E-state index is 13.9. The standard InChI is InChI=1S/C19H21FN4O/c1-13-12-16(22-18(21-13)14-6-7-14)19(25)24-10-8-23(9-11-24)17-5-3-2-4-15(17)20/h2-5,12,14H,6-11H2,1H3. The van der Waals surface area contributed by atoms with E-state index in [1.807, 2.05) is 17.9 Å². The van der Waals surface area contributed by atoms with Gasteiger partial charge >= 0.3 is 0 Å². The number of carbonyl (C=O) groups excluding carboxylic acids is 1. The van der Waals surface area contributed by atoms with Crippen molar-refractivity contribution in [3.63, 3.8) is 0 Å². The molecule has 0 atom stereocenters. The molecule has 0 N–H and O–H groups in total. The van der Waals surface area contributed by atoms with Crippen molar-refractivity contribution in [2.45, 2.75) is 25.7 Å². The Balaban J connectivity index is 1.46. The summed E-state index contributed by atoms with van der Waals surface area (Å²) in [6.07, 6.45) is 2.22. The minimum absolute atomic E-state index is 0.0550. The van der Waals surface area contributed by atoms with Crippen molar-refractivity contribution < 1.29 is 9.18 Å². The fourth-order valence-electron chi connectivity index (χ4n) is 3.25. The number of amides is 1. The van der Waals surface area contributed by atoms with Gasteiger partial charge in [-0.3, -0.25) is 4.79 Å². The van der Waals surface area contributed by atoms with E-state index in [9.17, 15) is 9.18 Å². The number of halogens is 1. The second-order valence-electron chi connectivity index (χ2n) is 6.76. The van der Waals surface area contributed by atoms with Crippen molar-refractivity contribution in [1.29, 1.82) is 0 Å². The van der Waals surface area contributed by atoms with Gasteiger partial charge in [-0.15, -0.1) is 0 Å². The maximum atomic E-state index is 13.9. The van der Waals surface area contributed by atoms with Gasteiger partial charge in [0.05, 0.1) is 5.69 Å². The summed E-state index contributed by atoms with van der Waals surface area (Å²) in [5.41, 5.74) is 1.92. The number of hydrogen-bond donors (Lipinski definition) is 0. The van der Waals surface area contributed by atoms with Gasteiger partial charge in [-0.05, 0) is 38.0 Å². The summed E-state index contributed by atoms with van der Waals surface area (Å²) in [5.74, 6) is 0.945. The van der Waals surface area contributed by atoms with E-state index in [4.69, 9.17) is 0 Å². The number of aromatic nitrogens is 2. The third-order valence-electron chi connectivity index (χ3n) is 4.79. The van der Waals surface area contributed by atoms with E-state index >= 15 is 0 Å². The molecule has 0 bridgehead atoms. The molecule has 0 radical (unpaired) electrons. The number of aryl methyl sites for hydroxylation is 1. The third-order valence-corrected chi connectivity index (χ3v) is 4.79. The summed E-state index contributed by atoms with van der Waals surface area (Å²) in [4.78, 5) is 25.5. The van der Waals surface area contributed by atoms with E-state index in [0.717, 1.165) is 24.4 Å². The first-order valence-electron chi connectivity index (χ1n) is 8.76. The molecule has 1 saturated carbocycles. The topological polar surface area (TPSA) is 49.3 Å². The Morgan fingerprint density at radius 3 is 2.52 bits per heavy atom. The summed E-state index contributed by atoms with van der Waals surface area (Å²) in [5, 5.41) is 0. The van der Waals surface area contributed by atoms with Crippen LogP contribution >= 0.6 is 0 Å². The van der Waals surface area contributed by atoms with Crippen LogP contribution in [0.1, 0.15) is 40.8 Å². The molecular formula is C19H21FN4O. The number of nitrogens with zero attached hydrogens (tertiary/aromatic N) is 4. The van der Waals surface area contributed by atoms with Gasteiger partial charge in [-0.2, -0.15) is 0 Å². The first kappa shape index (κ1) is 16.0. The lowest BCUT2D eigenvalue weighted by molar-refractivity contribution is 0.0740. The zero-order valence-corrected chi connectivity index (χ0v) is 14.3. The van der Waals surface area contributed by atoms with Crippen molar-refractivity contribution in [3.05, 3.63) is 53.4 Å². The van der Waals surface area contributed by atoms with E-state index in [1.54, 1.807) is 23.1 Å². The van der Waals surface area contributed by atoms with Gasteiger partial charge in [0, 0.05) is 37.8 Å². The fraction of sp³-hybridized carbons (Fsp3) is 0.421. The molecule has 0 unspecified atom stereocenters. The van der Waals surface area contributed by atoms with Gasteiger partial charge < -0.3 is 9.80 Å². The zero-order chi connectivity index (χ0) is 17.4. The molecule has 2 fully saturated rings. The summed E-state index contributed by atoms with van der Waals surface area (Å²) >= 11 is 0. The van der Waals surface area contributed by atoms with E-state index in [-0.39, 0.29) is 11.7 Å². The van der Waals surface area contributed by atoms with Gasteiger partial charge in [0.2, 0.25) is 0 Å². The van der Waals surface area contributed by atoms with E-state index in [0.29, 0.717) is 43.5 Å². The minimum atomic E-state index is -0.220. The highest BCUT2D eigenvalue weighted by Crippen LogP contribution is 2.38. The molecular weight excluding hydrogens is 319 g/mol. The number of carbonyl (C=O) groups is 1. The van der Waals surface area contributed by atoms with Gasteiger partial charge in [0.1, 0.15) is 17.3 Å². The molecule has 2 aromatic rings. The Labute approximate surface area is 146 Å². The number of rotatable bonds is 3. The van der Waals surface area contributed by atoms with Crippen LogP contribution in [0.4, 0.5) is 10.1 Å². The zero-order valence-electron chi connectivity index (χ0n) is 14.3. The molecule has 5 nitrogen and oxygen atoms in total. The number of anilines is 1. The molecule has 1 aromatic heterocycles. The Bertz CT molecular complexity index is 798. The number of piperazine rings is 1. The second kappa shape index (κ2) is 6.43. The highest BCUT2D eigenvalue weighted by molar-refractivity contribution is 5.92. The smallest absolute Gasteiger partial charge is 0.272 e. The number of hydrogen-bond acceptors (Lipinski definition) is 4. The molecule has 4 rings (SSSR count). The molecule has 1 amide bonds. The van der Waals surface area contributed by atoms with Crippen LogP contribution in [0, 0.1) is 12.7 Å². The second-order valence-corrected chi connectivity index (χ2v) is 6.76. The third kappa shape index (κ3) is 3.34. The molecule has 25 heavy (non-hydrogen) atoms. The van der Waals surface area contributed by atoms with E-state index in [2.05, 4.69) is 9.97 Å². The largest absolute Gasteiger partial charge is 0.366 e. The highest BCUT2D eigenvalue weighted by Gasteiger charge is 2.29. The lowest BCUT2D eigenvalue weighted by Gasteiger charge is -2.36. The lowest BCUT2D eigenvalue weighted by Crippen LogP contribution is -2.49. The Kier molecular flexibility index (Phi) is 4.11. The van der Waals surface area contributed by atoms with Gasteiger partial charge in [-0.25, -0.2) is 14.4 Å². The Morgan fingerprint density at radius 1 is 1.12 bits per heavy atom. The molecule has 130 valence electrons. The van der Waals surface area contributed by atoms with Crippen LogP contribution in [0.2, 0.25) is 0 Å². The maximum Gasteiger partial charge on any atom is 0.272 e. The first-order valence-corrected chi connectivity index (χ1v) is 8.76. The number of benzene rings is 1. The van der Waals surface area contributed by atoms with E-state index < -0.39 is 0 Å². The van der Waals surface area contributed by atoms with Crippen LogP contribution < -0.4 is 4.90 Å². The van der Waals surface area contributed by atoms with Crippen molar-refractivity contribution in [1.82, 2.24) is 14.9 Å². The SMILES string of the molecule is Cc1cc(C(=O)N2CCN(c3ccccc3F)CC2)nc(C2CC2)n1. The molecule has 2 heterocycles. The van der Waals surface area contributed by atoms with Crippen molar-refractivity contribution in [2.24, 2.45) is 0 Å². The highest BCUT2D eigenvalue weighted by atomic mass is 19.1. The van der Waals surface area contributed by atoms with Crippen LogP contribution in [-0.2, 0) is 0 Å². The van der Waals surface area contributed by atoms with Crippen molar-refractivity contribution in [2.75, 3.05) is 31.1 Å². The predicted octanol–water partition coefficient (Wildman–Crippen LogP) is 2.76. The van der Waals surface area contributed by atoms with Crippen LogP contribution in [0.25, 0.3) is 0 Å².